The molecule has 1 aliphatic rings. The van der Waals surface area contributed by atoms with Crippen LogP contribution in [0.3, 0.4) is 0 Å². The van der Waals surface area contributed by atoms with Crippen molar-refractivity contribution in [1.82, 2.24) is 0 Å². The quantitative estimate of drug-likeness (QED) is 0.896. The van der Waals surface area contributed by atoms with Crippen LogP contribution >= 0.6 is 15.9 Å². The average Bonchev–Trinajstić information content (AvgIpc) is 2.16. The van der Waals surface area contributed by atoms with Crippen molar-refractivity contribution in [3.05, 3.63) is 33.8 Å². The molecular weight excluding hydrogens is 256 g/mol. The molecule has 2 nitrogen and oxygen atoms in total. The number of fused-ring (bicyclic) bond motifs is 1. The SMILES string of the molecule is O=C(O)CC1CCc2ccc(Br)cc2C1. The summed E-state index contributed by atoms with van der Waals surface area (Å²) in [5.41, 5.74) is 2.68. The van der Waals surface area contributed by atoms with Crippen molar-refractivity contribution < 1.29 is 9.90 Å². The van der Waals surface area contributed by atoms with E-state index in [1.165, 1.54) is 11.1 Å². The number of carboxylic acid groups (broad SMARTS) is 1. The first-order chi connectivity index (χ1) is 7.15. The van der Waals surface area contributed by atoms with Gasteiger partial charge >= 0.3 is 5.97 Å². The van der Waals surface area contributed by atoms with Crippen molar-refractivity contribution in [1.29, 1.82) is 0 Å². The Morgan fingerprint density at radius 1 is 1.47 bits per heavy atom. The zero-order valence-electron chi connectivity index (χ0n) is 8.37. The number of benzene rings is 1. The van der Waals surface area contributed by atoms with E-state index >= 15 is 0 Å². The van der Waals surface area contributed by atoms with E-state index in [0.29, 0.717) is 12.3 Å². The summed E-state index contributed by atoms with van der Waals surface area (Å²) >= 11 is 3.44. The molecule has 3 heteroatoms. The standard InChI is InChI=1S/C12H13BrO2/c13-11-4-3-9-2-1-8(6-12(14)15)5-10(9)7-11/h3-4,7-8H,1-2,5-6H2,(H,14,15). The van der Waals surface area contributed by atoms with Crippen LogP contribution in [0.1, 0.15) is 24.0 Å². The molecule has 1 atom stereocenters. The van der Waals surface area contributed by atoms with Gasteiger partial charge in [-0.1, -0.05) is 22.0 Å². The minimum absolute atomic E-state index is 0.298. The second-order valence-electron chi connectivity index (χ2n) is 4.12. The molecule has 15 heavy (non-hydrogen) atoms. The van der Waals surface area contributed by atoms with Crippen molar-refractivity contribution in [3.8, 4) is 0 Å². The number of rotatable bonds is 2. The largest absolute Gasteiger partial charge is 0.481 e. The molecule has 0 saturated carbocycles. The first kappa shape index (κ1) is 10.7. The summed E-state index contributed by atoms with van der Waals surface area (Å²) in [5, 5.41) is 8.76. The summed E-state index contributed by atoms with van der Waals surface area (Å²) in [7, 11) is 0. The fourth-order valence-corrected chi connectivity index (χ4v) is 2.63. The Morgan fingerprint density at radius 3 is 3.00 bits per heavy atom. The van der Waals surface area contributed by atoms with E-state index in [1.54, 1.807) is 0 Å². The minimum Gasteiger partial charge on any atom is -0.481 e. The topological polar surface area (TPSA) is 37.3 Å². The molecule has 0 fully saturated rings. The van der Waals surface area contributed by atoms with Gasteiger partial charge in [0.2, 0.25) is 0 Å². The lowest BCUT2D eigenvalue weighted by Crippen LogP contribution is -2.17. The molecule has 80 valence electrons. The number of carboxylic acids is 1. The van der Waals surface area contributed by atoms with Crippen LogP contribution in [0.5, 0.6) is 0 Å². The zero-order valence-corrected chi connectivity index (χ0v) is 9.96. The van der Waals surface area contributed by atoms with Crippen LogP contribution in [0.15, 0.2) is 22.7 Å². The van der Waals surface area contributed by atoms with E-state index in [4.69, 9.17) is 5.11 Å². The summed E-state index contributed by atoms with van der Waals surface area (Å²) in [6, 6.07) is 6.30. The van der Waals surface area contributed by atoms with Gasteiger partial charge in [0, 0.05) is 10.9 Å². The van der Waals surface area contributed by atoms with Crippen LogP contribution < -0.4 is 0 Å². The third-order valence-electron chi connectivity index (χ3n) is 2.96. The summed E-state index contributed by atoms with van der Waals surface area (Å²) in [4.78, 5) is 10.6. The Morgan fingerprint density at radius 2 is 2.27 bits per heavy atom. The van der Waals surface area contributed by atoms with Gasteiger partial charge in [-0.3, -0.25) is 4.79 Å². The maximum atomic E-state index is 10.6. The summed E-state index contributed by atoms with van der Waals surface area (Å²) < 4.78 is 1.08. The van der Waals surface area contributed by atoms with Gasteiger partial charge in [0.25, 0.3) is 0 Å². The summed E-state index contributed by atoms with van der Waals surface area (Å²) in [6.07, 6.45) is 3.22. The summed E-state index contributed by atoms with van der Waals surface area (Å²) in [5.74, 6) is -0.372. The van der Waals surface area contributed by atoms with Crippen molar-refractivity contribution in [2.75, 3.05) is 0 Å². The fraction of sp³-hybridized carbons (Fsp3) is 0.417. The Hall–Kier alpha value is -0.830. The Bertz CT molecular complexity index is 387. The van der Waals surface area contributed by atoms with Gasteiger partial charge in [-0.2, -0.15) is 0 Å². The molecule has 0 saturated heterocycles. The molecule has 1 aliphatic carbocycles. The van der Waals surface area contributed by atoms with Crippen LogP contribution in [0.4, 0.5) is 0 Å². The van der Waals surface area contributed by atoms with Crippen molar-refractivity contribution in [3.63, 3.8) is 0 Å². The smallest absolute Gasteiger partial charge is 0.303 e. The van der Waals surface area contributed by atoms with Crippen LogP contribution in [-0.2, 0) is 17.6 Å². The lowest BCUT2D eigenvalue weighted by Gasteiger charge is -2.23. The van der Waals surface area contributed by atoms with Crippen molar-refractivity contribution >= 4 is 21.9 Å². The van der Waals surface area contributed by atoms with Crippen LogP contribution in [0.25, 0.3) is 0 Å². The van der Waals surface area contributed by atoms with E-state index in [0.717, 1.165) is 23.7 Å². The molecule has 0 radical (unpaired) electrons. The molecule has 1 aromatic carbocycles. The van der Waals surface area contributed by atoms with E-state index < -0.39 is 5.97 Å². The van der Waals surface area contributed by atoms with Gasteiger partial charge in [-0.05, 0) is 48.4 Å². The average molecular weight is 269 g/mol. The Labute approximate surface area is 97.4 Å². The highest BCUT2D eigenvalue weighted by atomic mass is 79.9. The first-order valence-electron chi connectivity index (χ1n) is 5.14. The number of aliphatic carboxylic acids is 1. The summed E-state index contributed by atoms with van der Waals surface area (Å²) in [6.45, 7) is 0. The number of hydrogen-bond acceptors (Lipinski definition) is 1. The molecule has 0 spiro atoms. The van der Waals surface area contributed by atoms with Crippen molar-refractivity contribution in [2.24, 2.45) is 5.92 Å². The highest BCUT2D eigenvalue weighted by Crippen LogP contribution is 2.29. The minimum atomic E-state index is -0.682. The molecule has 0 aliphatic heterocycles. The maximum absolute atomic E-state index is 10.6. The molecule has 0 heterocycles. The second kappa shape index (κ2) is 4.35. The van der Waals surface area contributed by atoms with Gasteiger partial charge < -0.3 is 5.11 Å². The zero-order chi connectivity index (χ0) is 10.8. The Balaban J connectivity index is 2.14. The Kier molecular flexibility index (Phi) is 3.10. The third-order valence-corrected chi connectivity index (χ3v) is 3.46. The predicted octanol–water partition coefficient (Wildman–Crippen LogP) is 3.03. The maximum Gasteiger partial charge on any atom is 0.303 e. The number of aryl methyl sites for hydroxylation is 1. The molecule has 2 rings (SSSR count). The van der Waals surface area contributed by atoms with Gasteiger partial charge in [0.1, 0.15) is 0 Å². The van der Waals surface area contributed by atoms with Gasteiger partial charge in [-0.25, -0.2) is 0 Å². The lowest BCUT2D eigenvalue weighted by molar-refractivity contribution is -0.138. The third kappa shape index (κ3) is 2.59. The molecule has 1 aromatic rings. The van der Waals surface area contributed by atoms with E-state index in [9.17, 15) is 4.79 Å². The van der Waals surface area contributed by atoms with Crippen LogP contribution in [0, 0.1) is 5.92 Å². The molecular formula is C12H13BrO2. The van der Waals surface area contributed by atoms with Gasteiger partial charge in [0.05, 0.1) is 0 Å². The van der Waals surface area contributed by atoms with Gasteiger partial charge in [-0.15, -0.1) is 0 Å². The highest BCUT2D eigenvalue weighted by molar-refractivity contribution is 9.10. The molecule has 0 amide bonds. The predicted molar refractivity (Wildman–Crippen MR) is 61.9 cm³/mol. The molecule has 1 N–H and O–H groups in total. The van der Waals surface area contributed by atoms with E-state index in [2.05, 4.69) is 34.1 Å². The highest BCUT2D eigenvalue weighted by Gasteiger charge is 2.20. The molecule has 1 unspecified atom stereocenters. The fourth-order valence-electron chi connectivity index (χ4n) is 2.22. The number of carbonyl (C=O) groups is 1. The molecule has 0 bridgehead atoms. The first-order valence-corrected chi connectivity index (χ1v) is 5.93. The monoisotopic (exact) mass is 268 g/mol. The van der Waals surface area contributed by atoms with E-state index in [-0.39, 0.29) is 0 Å². The molecule has 0 aromatic heterocycles. The number of halogens is 1. The van der Waals surface area contributed by atoms with Crippen LogP contribution in [0.2, 0.25) is 0 Å². The van der Waals surface area contributed by atoms with Crippen molar-refractivity contribution in [2.45, 2.75) is 25.7 Å². The lowest BCUT2D eigenvalue weighted by atomic mass is 9.82. The second-order valence-corrected chi connectivity index (χ2v) is 5.04. The number of hydrogen-bond donors (Lipinski definition) is 1. The van der Waals surface area contributed by atoms with Crippen LogP contribution in [-0.4, -0.2) is 11.1 Å². The normalized spacial score (nSPS) is 19.7. The van der Waals surface area contributed by atoms with E-state index in [1.807, 2.05) is 0 Å². The van der Waals surface area contributed by atoms with Gasteiger partial charge in [0.15, 0.2) is 0 Å².